The maximum Gasteiger partial charge on any atom is 0.323 e. The molecule has 3 heteroatoms. The van der Waals surface area contributed by atoms with E-state index in [4.69, 9.17) is 0 Å². The monoisotopic (exact) mass is 201 g/mol. The Kier molecular flexibility index (Phi) is 4.59. The molecule has 1 atom stereocenters. The van der Waals surface area contributed by atoms with Gasteiger partial charge < -0.3 is 5.11 Å². The fourth-order valence-corrected chi connectivity index (χ4v) is 2.18. The van der Waals surface area contributed by atoms with E-state index in [-0.39, 0.29) is 12.1 Å². The molecule has 0 aliphatic rings. The van der Waals surface area contributed by atoms with Gasteiger partial charge in [-0.15, -0.1) is 0 Å². The largest absolute Gasteiger partial charge is 0.480 e. The molecule has 0 saturated heterocycles. The summed E-state index contributed by atoms with van der Waals surface area (Å²) in [5.41, 5.74) is -0.748. The van der Waals surface area contributed by atoms with Crippen LogP contribution in [0.3, 0.4) is 0 Å². The van der Waals surface area contributed by atoms with Gasteiger partial charge in [-0.25, -0.2) is 0 Å². The van der Waals surface area contributed by atoms with E-state index in [1.54, 1.807) is 6.92 Å². The van der Waals surface area contributed by atoms with Gasteiger partial charge in [0.25, 0.3) is 0 Å². The van der Waals surface area contributed by atoms with E-state index in [1.807, 2.05) is 34.6 Å². The van der Waals surface area contributed by atoms with Gasteiger partial charge in [-0.3, -0.25) is 9.69 Å². The molecule has 0 aromatic carbocycles. The van der Waals surface area contributed by atoms with Crippen LogP contribution in [0.4, 0.5) is 0 Å². The summed E-state index contributed by atoms with van der Waals surface area (Å²) < 4.78 is 0. The summed E-state index contributed by atoms with van der Waals surface area (Å²) in [4.78, 5) is 13.3. The second kappa shape index (κ2) is 4.78. The van der Waals surface area contributed by atoms with Crippen molar-refractivity contribution in [3.63, 3.8) is 0 Å². The van der Waals surface area contributed by atoms with E-state index in [1.165, 1.54) is 0 Å². The van der Waals surface area contributed by atoms with Crippen molar-refractivity contribution in [2.24, 2.45) is 0 Å². The van der Waals surface area contributed by atoms with E-state index in [0.717, 1.165) is 0 Å². The summed E-state index contributed by atoms with van der Waals surface area (Å²) in [5.74, 6) is -0.734. The van der Waals surface area contributed by atoms with E-state index >= 15 is 0 Å². The lowest BCUT2D eigenvalue weighted by Crippen LogP contribution is -2.57. The lowest BCUT2D eigenvalue weighted by molar-refractivity contribution is -0.154. The highest BCUT2D eigenvalue weighted by Crippen LogP contribution is 2.25. The Labute approximate surface area is 87.1 Å². The van der Waals surface area contributed by atoms with Crippen molar-refractivity contribution in [3.05, 3.63) is 0 Å². The molecule has 0 saturated carbocycles. The lowest BCUT2D eigenvalue weighted by atomic mass is 9.93. The molecule has 0 aromatic rings. The Morgan fingerprint density at radius 2 is 1.64 bits per heavy atom. The van der Waals surface area contributed by atoms with Crippen LogP contribution >= 0.6 is 0 Å². The van der Waals surface area contributed by atoms with Crippen LogP contribution in [0.15, 0.2) is 0 Å². The van der Waals surface area contributed by atoms with Gasteiger partial charge in [0, 0.05) is 12.1 Å². The smallest absolute Gasteiger partial charge is 0.323 e. The van der Waals surface area contributed by atoms with Crippen LogP contribution in [0.25, 0.3) is 0 Å². The second-order valence-electron chi connectivity index (χ2n) is 4.53. The highest BCUT2D eigenvalue weighted by atomic mass is 16.4. The molecule has 0 spiro atoms. The van der Waals surface area contributed by atoms with Gasteiger partial charge in [0.2, 0.25) is 0 Å². The zero-order chi connectivity index (χ0) is 11.5. The molecule has 0 aromatic heterocycles. The Hall–Kier alpha value is -0.570. The SMILES string of the molecule is CC[C@](C)(C(=O)O)N(C(C)C)C(C)C. The van der Waals surface area contributed by atoms with Crippen molar-refractivity contribution < 1.29 is 9.90 Å². The first-order chi connectivity index (χ1) is 6.27. The summed E-state index contributed by atoms with van der Waals surface area (Å²) in [5, 5.41) is 9.26. The molecule has 0 radical (unpaired) electrons. The molecule has 0 aliphatic carbocycles. The summed E-state index contributed by atoms with van der Waals surface area (Å²) >= 11 is 0. The van der Waals surface area contributed by atoms with Crippen molar-refractivity contribution in [2.45, 2.75) is 65.6 Å². The average Bonchev–Trinajstić information content (AvgIpc) is 2.02. The minimum Gasteiger partial charge on any atom is -0.480 e. The summed E-state index contributed by atoms with van der Waals surface area (Å²) in [6.45, 7) is 11.9. The Balaban J connectivity index is 5.04. The van der Waals surface area contributed by atoms with Crippen molar-refractivity contribution in [1.82, 2.24) is 4.90 Å². The number of hydrogen-bond donors (Lipinski definition) is 1. The first-order valence-corrected chi connectivity index (χ1v) is 5.29. The number of hydrogen-bond acceptors (Lipinski definition) is 2. The maximum atomic E-state index is 11.3. The normalized spacial score (nSPS) is 16.4. The molecule has 3 nitrogen and oxygen atoms in total. The predicted molar refractivity (Wildman–Crippen MR) is 58.4 cm³/mol. The predicted octanol–water partition coefficient (Wildman–Crippen LogP) is 2.36. The van der Waals surface area contributed by atoms with E-state index < -0.39 is 11.5 Å². The quantitative estimate of drug-likeness (QED) is 0.742. The number of carbonyl (C=O) groups is 1. The zero-order valence-corrected chi connectivity index (χ0v) is 10.2. The van der Waals surface area contributed by atoms with E-state index in [2.05, 4.69) is 4.90 Å². The molecule has 0 rings (SSSR count). The van der Waals surface area contributed by atoms with E-state index in [0.29, 0.717) is 6.42 Å². The highest BCUT2D eigenvalue weighted by molar-refractivity contribution is 5.78. The standard InChI is InChI=1S/C11H23NO2/c1-7-11(6,10(13)14)12(8(2)3)9(4)5/h8-9H,7H2,1-6H3,(H,13,14)/t11-/m1/s1. The maximum absolute atomic E-state index is 11.3. The van der Waals surface area contributed by atoms with Crippen LogP contribution in [-0.4, -0.2) is 33.6 Å². The third-order valence-electron chi connectivity index (χ3n) is 2.83. The van der Waals surface area contributed by atoms with Gasteiger partial charge in [0.05, 0.1) is 0 Å². The number of carboxylic acids is 1. The third-order valence-corrected chi connectivity index (χ3v) is 2.83. The fourth-order valence-electron chi connectivity index (χ4n) is 2.18. The van der Waals surface area contributed by atoms with Gasteiger partial charge in [-0.05, 0) is 41.0 Å². The topological polar surface area (TPSA) is 40.5 Å². The molecule has 84 valence electrons. The van der Waals surface area contributed by atoms with Crippen molar-refractivity contribution >= 4 is 5.97 Å². The molecule has 0 fully saturated rings. The van der Waals surface area contributed by atoms with Crippen molar-refractivity contribution in [3.8, 4) is 0 Å². The molecule has 14 heavy (non-hydrogen) atoms. The first-order valence-electron chi connectivity index (χ1n) is 5.29. The molecule has 0 amide bonds. The molecule has 0 heterocycles. The van der Waals surface area contributed by atoms with Gasteiger partial charge in [-0.2, -0.15) is 0 Å². The van der Waals surface area contributed by atoms with E-state index in [9.17, 15) is 9.90 Å². The van der Waals surface area contributed by atoms with Crippen LogP contribution < -0.4 is 0 Å². The molecule has 0 unspecified atom stereocenters. The highest BCUT2D eigenvalue weighted by Gasteiger charge is 2.40. The van der Waals surface area contributed by atoms with Crippen LogP contribution in [0.2, 0.25) is 0 Å². The number of aliphatic carboxylic acids is 1. The zero-order valence-electron chi connectivity index (χ0n) is 10.2. The minimum absolute atomic E-state index is 0.246. The van der Waals surface area contributed by atoms with Gasteiger partial charge in [0.1, 0.15) is 5.54 Å². The Morgan fingerprint density at radius 3 is 1.71 bits per heavy atom. The second-order valence-corrected chi connectivity index (χ2v) is 4.53. The number of nitrogens with zero attached hydrogens (tertiary/aromatic N) is 1. The van der Waals surface area contributed by atoms with Crippen molar-refractivity contribution in [1.29, 1.82) is 0 Å². The fraction of sp³-hybridized carbons (Fsp3) is 0.909. The number of rotatable bonds is 5. The average molecular weight is 201 g/mol. The van der Waals surface area contributed by atoms with Crippen LogP contribution in [0.5, 0.6) is 0 Å². The summed E-state index contributed by atoms with van der Waals surface area (Å²) in [7, 11) is 0. The summed E-state index contributed by atoms with van der Waals surface area (Å²) in [6, 6.07) is 0.493. The molecule has 0 aliphatic heterocycles. The van der Waals surface area contributed by atoms with Gasteiger partial charge in [0.15, 0.2) is 0 Å². The van der Waals surface area contributed by atoms with Crippen molar-refractivity contribution in [2.75, 3.05) is 0 Å². The summed E-state index contributed by atoms with van der Waals surface area (Å²) in [6.07, 6.45) is 0.624. The van der Waals surface area contributed by atoms with Crippen LogP contribution in [0, 0.1) is 0 Å². The third kappa shape index (κ3) is 2.47. The van der Waals surface area contributed by atoms with Crippen LogP contribution in [-0.2, 0) is 4.79 Å². The molecule has 1 N–H and O–H groups in total. The molecular weight excluding hydrogens is 178 g/mol. The molecule has 0 bridgehead atoms. The van der Waals surface area contributed by atoms with Gasteiger partial charge >= 0.3 is 5.97 Å². The van der Waals surface area contributed by atoms with Gasteiger partial charge in [-0.1, -0.05) is 6.92 Å². The number of carboxylic acid groups (broad SMARTS) is 1. The van der Waals surface area contributed by atoms with Crippen LogP contribution in [0.1, 0.15) is 48.0 Å². The first kappa shape index (κ1) is 13.4. The Morgan fingerprint density at radius 1 is 1.29 bits per heavy atom. The lowest BCUT2D eigenvalue weighted by Gasteiger charge is -2.43. The Bertz CT molecular complexity index is 193. The minimum atomic E-state index is -0.748. The molecular formula is C11H23NO2.